The molecular formula is C31H28N2O2. The van der Waals surface area contributed by atoms with Crippen molar-refractivity contribution < 1.29 is 9.53 Å². The van der Waals surface area contributed by atoms with Gasteiger partial charge in [-0.25, -0.2) is 0 Å². The van der Waals surface area contributed by atoms with Gasteiger partial charge in [-0.3, -0.25) is 9.69 Å². The van der Waals surface area contributed by atoms with E-state index in [4.69, 9.17) is 4.74 Å². The van der Waals surface area contributed by atoms with Crippen molar-refractivity contribution in [2.75, 3.05) is 0 Å². The summed E-state index contributed by atoms with van der Waals surface area (Å²) >= 11 is 0. The average Bonchev–Trinajstić information content (AvgIpc) is 2.92. The highest BCUT2D eigenvalue weighted by atomic mass is 16.5. The molecule has 174 valence electrons. The average molecular weight is 461 g/mol. The standard InChI is InChI=1S/C31H28N2O2/c32-21-29-18-10-17-28(19-29)20-30(31(34)35-24-27-15-8-3-9-16-27)33(22-25-11-4-1-5-12-25)23-26-13-6-2-7-14-26/h1-19,30H,20,22-24H2/t30-/m0/s1. The molecule has 1 atom stereocenters. The summed E-state index contributed by atoms with van der Waals surface area (Å²) < 4.78 is 5.83. The van der Waals surface area contributed by atoms with Gasteiger partial charge >= 0.3 is 5.97 Å². The number of benzene rings is 4. The number of nitrogens with zero attached hydrogens (tertiary/aromatic N) is 2. The van der Waals surface area contributed by atoms with Crippen LogP contribution < -0.4 is 0 Å². The zero-order chi connectivity index (χ0) is 24.3. The third-order valence-electron chi connectivity index (χ3n) is 5.88. The Kier molecular flexibility index (Phi) is 8.42. The predicted molar refractivity (Wildman–Crippen MR) is 137 cm³/mol. The predicted octanol–water partition coefficient (Wildman–Crippen LogP) is 5.92. The molecule has 0 saturated carbocycles. The number of hydrogen-bond acceptors (Lipinski definition) is 4. The fourth-order valence-electron chi connectivity index (χ4n) is 4.09. The van der Waals surface area contributed by atoms with Crippen LogP contribution in [0.3, 0.4) is 0 Å². The quantitative estimate of drug-likeness (QED) is 0.276. The number of nitriles is 1. The minimum Gasteiger partial charge on any atom is -0.460 e. The highest BCUT2D eigenvalue weighted by Gasteiger charge is 2.28. The minimum absolute atomic E-state index is 0.221. The maximum absolute atomic E-state index is 13.6. The molecule has 0 N–H and O–H groups in total. The van der Waals surface area contributed by atoms with E-state index in [1.807, 2.05) is 84.9 Å². The van der Waals surface area contributed by atoms with Crippen molar-refractivity contribution in [3.63, 3.8) is 0 Å². The van der Waals surface area contributed by atoms with Crippen LogP contribution in [0.25, 0.3) is 0 Å². The molecule has 4 nitrogen and oxygen atoms in total. The van der Waals surface area contributed by atoms with Crippen molar-refractivity contribution >= 4 is 5.97 Å². The summed E-state index contributed by atoms with van der Waals surface area (Å²) in [4.78, 5) is 15.7. The molecule has 0 aliphatic carbocycles. The van der Waals surface area contributed by atoms with Gasteiger partial charge in [-0.2, -0.15) is 5.26 Å². The Morgan fingerprint density at radius 3 is 1.77 bits per heavy atom. The summed E-state index contributed by atoms with van der Waals surface area (Å²) in [6.45, 7) is 1.41. The molecule has 0 aliphatic heterocycles. The summed E-state index contributed by atoms with van der Waals surface area (Å²) in [6.07, 6.45) is 0.447. The van der Waals surface area contributed by atoms with Crippen molar-refractivity contribution in [1.82, 2.24) is 4.90 Å². The molecule has 0 aliphatic rings. The van der Waals surface area contributed by atoms with Crippen LogP contribution in [0.4, 0.5) is 0 Å². The lowest BCUT2D eigenvalue weighted by Gasteiger charge is -2.31. The molecule has 0 amide bonds. The van der Waals surface area contributed by atoms with Crippen LogP contribution >= 0.6 is 0 Å². The summed E-state index contributed by atoms with van der Waals surface area (Å²) in [5, 5.41) is 9.36. The molecule has 35 heavy (non-hydrogen) atoms. The third kappa shape index (κ3) is 7.14. The van der Waals surface area contributed by atoms with Gasteiger partial charge in [0, 0.05) is 13.1 Å². The molecule has 0 unspecified atom stereocenters. The first-order valence-electron chi connectivity index (χ1n) is 11.7. The second kappa shape index (κ2) is 12.3. The number of ether oxygens (including phenoxy) is 1. The highest BCUT2D eigenvalue weighted by molar-refractivity contribution is 5.76. The first-order chi connectivity index (χ1) is 17.2. The number of hydrogen-bond donors (Lipinski definition) is 0. The SMILES string of the molecule is N#Cc1cccc(C[C@@H](C(=O)OCc2ccccc2)N(Cc2ccccc2)Cc2ccccc2)c1. The van der Waals surface area contributed by atoms with Gasteiger partial charge < -0.3 is 4.74 Å². The fraction of sp³-hybridized carbons (Fsp3) is 0.161. The lowest BCUT2D eigenvalue weighted by Crippen LogP contribution is -2.43. The zero-order valence-corrected chi connectivity index (χ0v) is 19.6. The van der Waals surface area contributed by atoms with Crippen LogP contribution in [0.5, 0.6) is 0 Å². The largest absolute Gasteiger partial charge is 0.460 e. The Labute approximate surface area is 207 Å². The van der Waals surface area contributed by atoms with Gasteiger partial charge in [-0.1, -0.05) is 103 Å². The molecule has 4 rings (SSSR count). The summed E-state index contributed by atoms with van der Waals surface area (Å²) in [5.74, 6) is -0.275. The van der Waals surface area contributed by atoms with Crippen molar-refractivity contribution in [2.45, 2.75) is 32.2 Å². The van der Waals surface area contributed by atoms with E-state index in [9.17, 15) is 10.1 Å². The number of carbonyl (C=O) groups excluding carboxylic acids is 1. The van der Waals surface area contributed by atoms with E-state index in [1.54, 1.807) is 6.07 Å². The van der Waals surface area contributed by atoms with Gasteiger partial charge in [0.1, 0.15) is 12.6 Å². The second-order valence-electron chi connectivity index (χ2n) is 8.50. The van der Waals surface area contributed by atoms with E-state index < -0.39 is 6.04 Å². The van der Waals surface area contributed by atoms with E-state index in [2.05, 4.69) is 35.2 Å². The van der Waals surface area contributed by atoms with E-state index in [1.165, 1.54) is 0 Å². The molecule has 4 aromatic carbocycles. The van der Waals surface area contributed by atoms with Crippen LogP contribution in [0, 0.1) is 11.3 Å². The van der Waals surface area contributed by atoms with Gasteiger partial charge in [0.25, 0.3) is 0 Å². The van der Waals surface area contributed by atoms with Crippen LogP contribution in [-0.2, 0) is 35.6 Å². The van der Waals surface area contributed by atoms with Crippen LogP contribution in [-0.4, -0.2) is 16.9 Å². The van der Waals surface area contributed by atoms with E-state index >= 15 is 0 Å². The molecule has 0 aromatic heterocycles. The van der Waals surface area contributed by atoms with Crippen molar-refractivity contribution in [3.8, 4) is 6.07 Å². The Balaban J connectivity index is 1.64. The second-order valence-corrected chi connectivity index (χ2v) is 8.50. The van der Waals surface area contributed by atoms with Gasteiger partial charge in [-0.15, -0.1) is 0 Å². The Hall–Kier alpha value is -4.20. The normalized spacial score (nSPS) is 11.5. The number of carbonyl (C=O) groups is 1. The van der Waals surface area contributed by atoms with Gasteiger partial charge in [-0.05, 0) is 40.8 Å². The Bertz CT molecular complexity index is 1210. The first kappa shape index (κ1) is 23.9. The molecule has 0 heterocycles. The molecule has 0 bridgehead atoms. The molecule has 4 heteroatoms. The van der Waals surface area contributed by atoms with E-state index in [0.717, 1.165) is 22.3 Å². The van der Waals surface area contributed by atoms with Crippen molar-refractivity contribution in [1.29, 1.82) is 5.26 Å². The van der Waals surface area contributed by atoms with Crippen LogP contribution in [0.1, 0.15) is 27.8 Å². The molecule has 0 saturated heterocycles. The smallest absolute Gasteiger partial charge is 0.324 e. The lowest BCUT2D eigenvalue weighted by atomic mass is 10.0. The zero-order valence-electron chi connectivity index (χ0n) is 19.6. The fourth-order valence-corrected chi connectivity index (χ4v) is 4.09. The molecular weight excluding hydrogens is 432 g/mol. The van der Waals surface area contributed by atoms with E-state index in [-0.39, 0.29) is 12.6 Å². The minimum atomic E-state index is -0.520. The summed E-state index contributed by atoms with van der Waals surface area (Å²) in [5.41, 5.74) is 4.70. The molecule has 4 aromatic rings. The topological polar surface area (TPSA) is 53.3 Å². The summed E-state index contributed by atoms with van der Waals surface area (Å²) in [7, 11) is 0. The highest BCUT2D eigenvalue weighted by Crippen LogP contribution is 2.19. The maximum Gasteiger partial charge on any atom is 0.324 e. The number of esters is 1. The van der Waals surface area contributed by atoms with Crippen molar-refractivity contribution in [2.24, 2.45) is 0 Å². The van der Waals surface area contributed by atoms with Crippen molar-refractivity contribution in [3.05, 3.63) is 143 Å². The van der Waals surface area contributed by atoms with Gasteiger partial charge in [0.15, 0.2) is 0 Å². The lowest BCUT2D eigenvalue weighted by molar-refractivity contribution is -0.152. The summed E-state index contributed by atoms with van der Waals surface area (Å²) in [6, 6.07) is 39.1. The van der Waals surface area contributed by atoms with Gasteiger partial charge in [0.2, 0.25) is 0 Å². The molecule has 0 fully saturated rings. The van der Waals surface area contributed by atoms with Gasteiger partial charge in [0.05, 0.1) is 11.6 Å². The molecule has 0 spiro atoms. The Morgan fingerprint density at radius 1 is 0.714 bits per heavy atom. The van der Waals surface area contributed by atoms with E-state index in [0.29, 0.717) is 25.1 Å². The number of rotatable bonds is 10. The maximum atomic E-state index is 13.6. The Morgan fingerprint density at radius 2 is 1.23 bits per heavy atom. The monoisotopic (exact) mass is 460 g/mol. The molecule has 0 radical (unpaired) electrons. The van der Waals surface area contributed by atoms with Crippen LogP contribution in [0.2, 0.25) is 0 Å². The van der Waals surface area contributed by atoms with Crippen LogP contribution in [0.15, 0.2) is 115 Å². The first-order valence-corrected chi connectivity index (χ1v) is 11.7. The third-order valence-corrected chi connectivity index (χ3v) is 5.88.